The second-order valence-electron chi connectivity index (χ2n) is 6.05. The maximum Gasteiger partial charge on any atom is 0.0924 e. The van der Waals surface area contributed by atoms with E-state index >= 15 is 0 Å². The molecule has 0 aromatic heterocycles. The number of hydrogen-bond acceptors (Lipinski definition) is 0. The summed E-state index contributed by atoms with van der Waals surface area (Å²) in [6.45, 7) is 12.1. The lowest BCUT2D eigenvalue weighted by Crippen LogP contribution is -2.51. The summed E-state index contributed by atoms with van der Waals surface area (Å²) in [7, 11) is 0. The molecule has 0 aromatic rings. The summed E-state index contributed by atoms with van der Waals surface area (Å²) in [4.78, 5) is 0. The second-order valence-corrected chi connectivity index (χ2v) is 6.42. The Bertz CT molecular complexity index is 184. The summed E-state index contributed by atoms with van der Waals surface area (Å²) < 4.78 is 1.29. The minimum absolute atomic E-state index is 0.823. The first-order valence-electron chi connectivity index (χ1n) is 8.65. The van der Waals surface area contributed by atoms with E-state index in [9.17, 15) is 0 Å². The normalized spacial score (nSPS) is 14.5. The topological polar surface area (TPSA) is 0 Å². The molecule has 0 spiro atoms. The molecular formula is C17H37ClN+. The van der Waals surface area contributed by atoms with E-state index in [2.05, 4.69) is 20.8 Å². The van der Waals surface area contributed by atoms with Crippen molar-refractivity contribution in [2.24, 2.45) is 0 Å². The van der Waals surface area contributed by atoms with Crippen LogP contribution in [0.4, 0.5) is 0 Å². The maximum absolute atomic E-state index is 6.10. The van der Waals surface area contributed by atoms with Crippen LogP contribution in [0.15, 0.2) is 0 Å². The molecule has 0 saturated carbocycles. The van der Waals surface area contributed by atoms with Gasteiger partial charge in [-0.3, -0.25) is 0 Å². The highest BCUT2D eigenvalue weighted by Crippen LogP contribution is 2.16. The lowest BCUT2D eigenvalue weighted by atomic mass is 10.1. The Morgan fingerprint density at radius 3 is 1.58 bits per heavy atom. The van der Waals surface area contributed by atoms with Gasteiger partial charge < -0.3 is 4.48 Å². The average molecular weight is 291 g/mol. The van der Waals surface area contributed by atoms with Crippen LogP contribution in [-0.2, 0) is 0 Å². The third-order valence-electron chi connectivity index (χ3n) is 4.27. The molecule has 19 heavy (non-hydrogen) atoms. The Balaban J connectivity index is 4.32. The predicted octanol–water partition coefficient (Wildman–Crippen LogP) is 5.61. The van der Waals surface area contributed by atoms with Gasteiger partial charge in [0.15, 0.2) is 0 Å². The summed E-state index contributed by atoms with van der Waals surface area (Å²) in [5, 5.41) is 0. The number of rotatable bonds is 14. The van der Waals surface area contributed by atoms with E-state index in [1.807, 2.05) is 0 Å². The van der Waals surface area contributed by atoms with E-state index in [1.54, 1.807) is 0 Å². The van der Waals surface area contributed by atoms with Gasteiger partial charge in [-0.25, -0.2) is 0 Å². The summed E-state index contributed by atoms with van der Waals surface area (Å²) in [6, 6.07) is 0. The van der Waals surface area contributed by atoms with Crippen molar-refractivity contribution in [3.8, 4) is 0 Å². The standard InChI is InChI=1S/C17H37ClN/c1-4-7-10-12-16-19(17-13-18,14-9-6-3)15-11-8-5-2/h4-17H2,1-3H3/q+1. The molecular weight excluding hydrogens is 254 g/mol. The number of quaternary nitrogens is 1. The predicted molar refractivity (Wildman–Crippen MR) is 89.0 cm³/mol. The van der Waals surface area contributed by atoms with Crippen molar-refractivity contribution in [2.75, 3.05) is 32.1 Å². The van der Waals surface area contributed by atoms with Gasteiger partial charge in [0.2, 0.25) is 0 Å². The summed E-state index contributed by atoms with van der Waals surface area (Å²) in [5.41, 5.74) is 0. The monoisotopic (exact) mass is 290 g/mol. The molecule has 0 bridgehead atoms. The van der Waals surface area contributed by atoms with Gasteiger partial charge in [0.05, 0.1) is 32.1 Å². The van der Waals surface area contributed by atoms with Crippen LogP contribution in [0.2, 0.25) is 0 Å². The first kappa shape index (κ1) is 19.2. The molecule has 0 amide bonds. The molecule has 0 rings (SSSR count). The fraction of sp³-hybridized carbons (Fsp3) is 1.00. The van der Waals surface area contributed by atoms with Gasteiger partial charge in [-0.15, -0.1) is 11.6 Å². The molecule has 0 aliphatic rings. The summed E-state index contributed by atoms with van der Waals surface area (Å²) >= 11 is 6.10. The third-order valence-corrected chi connectivity index (χ3v) is 4.44. The highest BCUT2D eigenvalue weighted by atomic mass is 35.5. The Morgan fingerprint density at radius 1 is 0.579 bits per heavy atom. The third kappa shape index (κ3) is 9.73. The fourth-order valence-corrected chi connectivity index (χ4v) is 3.27. The SMILES string of the molecule is CCCCCC[N+](CCCl)(CCCC)CCCCC. The van der Waals surface area contributed by atoms with Crippen molar-refractivity contribution in [1.29, 1.82) is 0 Å². The van der Waals surface area contributed by atoms with Crippen LogP contribution < -0.4 is 0 Å². The number of alkyl halides is 1. The second kappa shape index (κ2) is 13.2. The molecule has 116 valence electrons. The molecule has 0 radical (unpaired) electrons. The first-order chi connectivity index (χ1) is 9.24. The van der Waals surface area contributed by atoms with Gasteiger partial charge in [0, 0.05) is 0 Å². The number of hydrogen-bond donors (Lipinski definition) is 0. The highest BCUT2D eigenvalue weighted by Gasteiger charge is 2.25. The van der Waals surface area contributed by atoms with Crippen molar-refractivity contribution in [1.82, 2.24) is 0 Å². The minimum Gasteiger partial charge on any atom is -0.323 e. The number of nitrogens with zero attached hydrogens (tertiary/aromatic N) is 1. The van der Waals surface area contributed by atoms with Gasteiger partial charge in [-0.1, -0.05) is 46.5 Å². The van der Waals surface area contributed by atoms with Gasteiger partial charge in [0.1, 0.15) is 0 Å². The van der Waals surface area contributed by atoms with Gasteiger partial charge >= 0.3 is 0 Å². The number of unbranched alkanes of at least 4 members (excludes halogenated alkanes) is 6. The van der Waals surface area contributed by atoms with Crippen molar-refractivity contribution in [3.05, 3.63) is 0 Å². The van der Waals surface area contributed by atoms with Crippen LogP contribution >= 0.6 is 11.6 Å². The van der Waals surface area contributed by atoms with Crippen LogP contribution in [0.1, 0.15) is 78.6 Å². The Hall–Kier alpha value is 0.250. The Labute approximate surface area is 127 Å². The zero-order valence-corrected chi connectivity index (χ0v) is 14.5. The maximum atomic E-state index is 6.10. The van der Waals surface area contributed by atoms with Crippen molar-refractivity contribution in [3.63, 3.8) is 0 Å². The van der Waals surface area contributed by atoms with Crippen LogP contribution in [0.5, 0.6) is 0 Å². The molecule has 0 N–H and O–H groups in total. The zero-order valence-electron chi connectivity index (χ0n) is 13.7. The van der Waals surface area contributed by atoms with Crippen molar-refractivity contribution in [2.45, 2.75) is 78.6 Å². The van der Waals surface area contributed by atoms with E-state index in [4.69, 9.17) is 11.6 Å². The minimum atomic E-state index is 0.823. The van der Waals surface area contributed by atoms with E-state index < -0.39 is 0 Å². The van der Waals surface area contributed by atoms with E-state index in [-0.39, 0.29) is 0 Å². The van der Waals surface area contributed by atoms with Gasteiger partial charge in [0.25, 0.3) is 0 Å². The first-order valence-corrected chi connectivity index (χ1v) is 9.19. The van der Waals surface area contributed by atoms with E-state index in [1.165, 1.54) is 88.4 Å². The molecule has 0 saturated heterocycles. The van der Waals surface area contributed by atoms with Gasteiger partial charge in [-0.2, -0.15) is 0 Å². The molecule has 1 atom stereocenters. The lowest BCUT2D eigenvalue weighted by Gasteiger charge is -2.39. The van der Waals surface area contributed by atoms with Crippen molar-refractivity contribution >= 4 is 11.6 Å². The Morgan fingerprint density at radius 2 is 1.05 bits per heavy atom. The average Bonchev–Trinajstić information content (AvgIpc) is 2.42. The largest absolute Gasteiger partial charge is 0.323 e. The van der Waals surface area contributed by atoms with Crippen LogP contribution in [0.3, 0.4) is 0 Å². The summed E-state index contributed by atoms with van der Waals surface area (Å²) in [5.74, 6) is 0.823. The van der Waals surface area contributed by atoms with Crippen LogP contribution in [0, 0.1) is 0 Å². The van der Waals surface area contributed by atoms with E-state index in [0.717, 1.165) is 5.88 Å². The number of halogens is 1. The van der Waals surface area contributed by atoms with Crippen molar-refractivity contribution < 1.29 is 4.48 Å². The molecule has 1 unspecified atom stereocenters. The molecule has 0 fully saturated rings. The fourth-order valence-electron chi connectivity index (χ4n) is 2.91. The van der Waals surface area contributed by atoms with E-state index in [0.29, 0.717) is 0 Å². The molecule has 0 heterocycles. The lowest BCUT2D eigenvalue weighted by molar-refractivity contribution is -0.926. The van der Waals surface area contributed by atoms with Crippen LogP contribution in [0.25, 0.3) is 0 Å². The summed E-state index contributed by atoms with van der Waals surface area (Å²) in [6.07, 6.45) is 12.3. The molecule has 0 aromatic carbocycles. The zero-order chi connectivity index (χ0) is 14.4. The molecule has 0 aliphatic carbocycles. The highest BCUT2D eigenvalue weighted by molar-refractivity contribution is 6.17. The van der Waals surface area contributed by atoms with Gasteiger partial charge in [-0.05, 0) is 32.1 Å². The van der Waals surface area contributed by atoms with Crippen LogP contribution in [-0.4, -0.2) is 36.5 Å². The quantitative estimate of drug-likeness (QED) is 0.221. The molecule has 0 aliphatic heterocycles. The molecule has 2 heteroatoms. The smallest absolute Gasteiger partial charge is 0.0924 e. The molecule has 1 nitrogen and oxygen atoms in total. The Kier molecular flexibility index (Phi) is 13.4.